The number of thioether (sulfide) groups is 1. The molecule has 0 aromatic rings. The van der Waals surface area contributed by atoms with Crippen LogP contribution in [0.15, 0.2) is 4.99 Å². The number of rotatable bonds is 5. The van der Waals surface area contributed by atoms with Crippen molar-refractivity contribution in [2.75, 3.05) is 6.54 Å². The molecule has 0 saturated carbocycles. The topological polar surface area (TPSA) is 24.4 Å². The lowest BCUT2D eigenvalue weighted by Gasteiger charge is -2.15. The summed E-state index contributed by atoms with van der Waals surface area (Å²) >= 11 is 1.93. The van der Waals surface area contributed by atoms with Crippen LogP contribution in [0.25, 0.3) is 0 Å². The second-order valence-corrected chi connectivity index (χ2v) is 5.12. The van der Waals surface area contributed by atoms with Gasteiger partial charge in [0.05, 0.1) is 6.54 Å². The van der Waals surface area contributed by atoms with Crippen molar-refractivity contribution in [1.82, 2.24) is 5.32 Å². The molecular formula is C11H22N2S. The van der Waals surface area contributed by atoms with E-state index in [1.807, 2.05) is 11.8 Å². The van der Waals surface area contributed by atoms with Crippen LogP contribution < -0.4 is 5.32 Å². The maximum atomic E-state index is 4.54. The first kappa shape index (κ1) is 11.9. The predicted molar refractivity (Wildman–Crippen MR) is 66.1 cm³/mol. The van der Waals surface area contributed by atoms with E-state index in [9.17, 15) is 0 Å². The molecule has 82 valence electrons. The van der Waals surface area contributed by atoms with Crippen LogP contribution in [0.4, 0.5) is 0 Å². The SMILES string of the molecule is CCCC1CN=C(NC(CC)CC)S1. The molecule has 0 bridgehead atoms. The van der Waals surface area contributed by atoms with Gasteiger partial charge in [-0.05, 0) is 19.3 Å². The minimum absolute atomic E-state index is 0.613. The van der Waals surface area contributed by atoms with Crippen LogP contribution in [-0.2, 0) is 0 Å². The molecule has 0 aromatic carbocycles. The highest BCUT2D eigenvalue weighted by molar-refractivity contribution is 8.14. The fourth-order valence-electron chi connectivity index (χ4n) is 1.64. The van der Waals surface area contributed by atoms with Crippen molar-refractivity contribution >= 4 is 16.9 Å². The van der Waals surface area contributed by atoms with Gasteiger partial charge < -0.3 is 5.32 Å². The standard InChI is InChI=1S/C11H22N2S/c1-4-7-10-8-12-11(14-10)13-9(5-2)6-3/h9-10H,4-8H2,1-3H3,(H,12,13). The van der Waals surface area contributed by atoms with Gasteiger partial charge in [0.2, 0.25) is 0 Å². The zero-order valence-electron chi connectivity index (χ0n) is 9.55. The number of nitrogens with zero attached hydrogens (tertiary/aromatic N) is 1. The van der Waals surface area contributed by atoms with E-state index in [0.717, 1.165) is 11.8 Å². The van der Waals surface area contributed by atoms with Gasteiger partial charge in [0.25, 0.3) is 0 Å². The minimum Gasteiger partial charge on any atom is -0.362 e. The Bertz CT molecular complexity index is 188. The molecule has 1 aliphatic heterocycles. The zero-order chi connectivity index (χ0) is 10.4. The van der Waals surface area contributed by atoms with Gasteiger partial charge in [0, 0.05) is 11.3 Å². The zero-order valence-corrected chi connectivity index (χ0v) is 10.4. The van der Waals surface area contributed by atoms with Gasteiger partial charge >= 0.3 is 0 Å². The van der Waals surface area contributed by atoms with E-state index < -0.39 is 0 Å². The second kappa shape index (κ2) is 6.33. The highest BCUT2D eigenvalue weighted by Gasteiger charge is 2.19. The number of nitrogens with one attached hydrogen (secondary N) is 1. The molecule has 0 saturated heterocycles. The third-order valence-corrected chi connectivity index (χ3v) is 3.83. The summed E-state index contributed by atoms with van der Waals surface area (Å²) in [6, 6.07) is 0.613. The van der Waals surface area contributed by atoms with Crippen molar-refractivity contribution in [3.8, 4) is 0 Å². The van der Waals surface area contributed by atoms with Crippen molar-refractivity contribution in [3.63, 3.8) is 0 Å². The van der Waals surface area contributed by atoms with Gasteiger partial charge in [-0.15, -0.1) is 0 Å². The lowest BCUT2D eigenvalue weighted by atomic mass is 10.2. The van der Waals surface area contributed by atoms with Gasteiger partial charge in [0.1, 0.15) is 0 Å². The molecule has 1 unspecified atom stereocenters. The van der Waals surface area contributed by atoms with Crippen LogP contribution in [0, 0.1) is 0 Å². The molecule has 0 fully saturated rings. The van der Waals surface area contributed by atoms with E-state index in [-0.39, 0.29) is 0 Å². The Morgan fingerprint density at radius 2 is 2.14 bits per heavy atom. The fraction of sp³-hybridized carbons (Fsp3) is 0.909. The van der Waals surface area contributed by atoms with E-state index in [4.69, 9.17) is 0 Å². The van der Waals surface area contributed by atoms with E-state index >= 15 is 0 Å². The molecule has 0 spiro atoms. The molecule has 14 heavy (non-hydrogen) atoms. The molecule has 1 rings (SSSR count). The lowest BCUT2D eigenvalue weighted by molar-refractivity contribution is 0.573. The van der Waals surface area contributed by atoms with Gasteiger partial charge in [-0.3, -0.25) is 4.99 Å². The van der Waals surface area contributed by atoms with E-state index in [2.05, 4.69) is 31.1 Å². The summed E-state index contributed by atoms with van der Waals surface area (Å²) in [5, 5.41) is 5.43. The molecule has 1 N–H and O–H groups in total. The van der Waals surface area contributed by atoms with Crippen molar-refractivity contribution in [2.24, 2.45) is 4.99 Å². The van der Waals surface area contributed by atoms with E-state index in [1.54, 1.807) is 0 Å². The van der Waals surface area contributed by atoms with Gasteiger partial charge in [0.15, 0.2) is 5.17 Å². The molecule has 0 amide bonds. The molecule has 0 aromatic heterocycles. The highest BCUT2D eigenvalue weighted by Crippen LogP contribution is 2.24. The molecule has 2 nitrogen and oxygen atoms in total. The summed E-state index contributed by atoms with van der Waals surface area (Å²) in [5.41, 5.74) is 0. The van der Waals surface area contributed by atoms with Gasteiger partial charge in [-0.25, -0.2) is 0 Å². The number of hydrogen-bond acceptors (Lipinski definition) is 3. The molecule has 1 aliphatic rings. The largest absolute Gasteiger partial charge is 0.362 e. The first-order valence-electron chi connectivity index (χ1n) is 5.77. The average molecular weight is 214 g/mol. The summed E-state index contributed by atoms with van der Waals surface area (Å²) in [6.45, 7) is 7.71. The number of aliphatic imine (C=N–C) groups is 1. The predicted octanol–water partition coefficient (Wildman–Crippen LogP) is 3.04. The smallest absolute Gasteiger partial charge is 0.157 e. The van der Waals surface area contributed by atoms with Crippen LogP contribution >= 0.6 is 11.8 Å². The quantitative estimate of drug-likeness (QED) is 0.760. The Morgan fingerprint density at radius 3 is 2.71 bits per heavy atom. The highest BCUT2D eigenvalue weighted by atomic mass is 32.2. The average Bonchev–Trinajstić information content (AvgIpc) is 2.63. The molecule has 1 heterocycles. The summed E-state index contributed by atoms with van der Waals surface area (Å²) in [7, 11) is 0. The monoisotopic (exact) mass is 214 g/mol. The van der Waals surface area contributed by atoms with Gasteiger partial charge in [-0.1, -0.05) is 39.0 Å². The Morgan fingerprint density at radius 1 is 1.43 bits per heavy atom. The number of hydrogen-bond donors (Lipinski definition) is 1. The van der Waals surface area contributed by atoms with Crippen molar-refractivity contribution < 1.29 is 0 Å². The van der Waals surface area contributed by atoms with E-state index in [0.29, 0.717) is 6.04 Å². The summed E-state index contributed by atoms with van der Waals surface area (Å²) in [6.07, 6.45) is 4.94. The second-order valence-electron chi connectivity index (χ2n) is 3.83. The Hall–Kier alpha value is -0.180. The first-order chi connectivity index (χ1) is 6.80. The van der Waals surface area contributed by atoms with Crippen molar-refractivity contribution in [3.05, 3.63) is 0 Å². The molecule has 0 aliphatic carbocycles. The molecular weight excluding hydrogens is 192 g/mol. The van der Waals surface area contributed by atoms with Crippen LogP contribution in [0.2, 0.25) is 0 Å². The molecule has 0 radical (unpaired) electrons. The summed E-state index contributed by atoms with van der Waals surface area (Å²) in [4.78, 5) is 4.54. The van der Waals surface area contributed by atoms with Crippen LogP contribution in [0.5, 0.6) is 0 Å². The lowest BCUT2D eigenvalue weighted by Crippen LogP contribution is -2.31. The minimum atomic E-state index is 0.613. The fourth-order valence-corrected chi connectivity index (χ4v) is 2.84. The van der Waals surface area contributed by atoms with Gasteiger partial charge in [-0.2, -0.15) is 0 Å². The van der Waals surface area contributed by atoms with Crippen LogP contribution in [0.1, 0.15) is 46.5 Å². The summed E-state index contributed by atoms with van der Waals surface area (Å²) in [5.74, 6) is 0. The number of amidine groups is 1. The molecule has 3 heteroatoms. The van der Waals surface area contributed by atoms with Crippen LogP contribution in [-0.4, -0.2) is 23.0 Å². The Labute approximate surface area is 92.0 Å². The van der Waals surface area contributed by atoms with Crippen molar-refractivity contribution in [2.45, 2.75) is 57.7 Å². The maximum Gasteiger partial charge on any atom is 0.157 e. The van der Waals surface area contributed by atoms with E-state index in [1.165, 1.54) is 30.9 Å². The maximum absolute atomic E-state index is 4.54. The first-order valence-corrected chi connectivity index (χ1v) is 6.65. The van der Waals surface area contributed by atoms with Crippen LogP contribution in [0.3, 0.4) is 0 Å². The molecule has 1 atom stereocenters. The summed E-state index contributed by atoms with van der Waals surface area (Å²) < 4.78 is 0. The Balaban J connectivity index is 2.27. The van der Waals surface area contributed by atoms with Crippen molar-refractivity contribution in [1.29, 1.82) is 0 Å². The Kier molecular flexibility index (Phi) is 5.38. The third kappa shape index (κ3) is 3.52. The normalized spacial score (nSPS) is 21.4. The third-order valence-electron chi connectivity index (χ3n) is 2.64.